The maximum atomic E-state index is 13.1. The molecule has 1 aliphatic heterocycles. The number of hydrogen-bond donors (Lipinski definition) is 3. The van der Waals surface area contributed by atoms with E-state index in [1.807, 2.05) is 5.32 Å². The Morgan fingerprint density at radius 1 is 1.21 bits per heavy atom. The molecule has 3 aromatic rings. The molecule has 1 amide bonds. The molecular formula is C21H14ClF3N2O6. The van der Waals surface area contributed by atoms with Crippen LogP contribution in [0.15, 0.2) is 41.2 Å². The van der Waals surface area contributed by atoms with E-state index in [0.29, 0.717) is 5.56 Å². The Labute approximate surface area is 187 Å². The van der Waals surface area contributed by atoms with Gasteiger partial charge in [-0.1, -0.05) is 23.7 Å². The van der Waals surface area contributed by atoms with Crippen molar-refractivity contribution in [2.24, 2.45) is 0 Å². The summed E-state index contributed by atoms with van der Waals surface area (Å²) in [5.74, 6) is -3.08. The van der Waals surface area contributed by atoms with Gasteiger partial charge in [-0.15, -0.1) is 0 Å². The normalized spacial score (nSPS) is 15.2. The molecule has 0 radical (unpaired) electrons. The highest BCUT2D eigenvalue weighted by Crippen LogP contribution is 2.41. The first-order chi connectivity index (χ1) is 15.5. The van der Waals surface area contributed by atoms with Crippen molar-refractivity contribution in [3.63, 3.8) is 0 Å². The summed E-state index contributed by atoms with van der Waals surface area (Å²) in [4.78, 5) is 36.3. The van der Waals surface area contributed by atoms with Gasteiger partial charge < -0.3 is 20.3 Å². The molecule has 33 heavy (non-hydrogen) atoms. The molecule has 4 rings (SSSR count). The van der Waals surface area contributed by atoms with Gasteiger partial charge in [-0.05, 0) is 23.8 Å². The number of aliphatic carboxylic acids is 1. The fourth-order valence-electron chi connectivity index (χ4n) is 3.64. The lowest BCUT2D eigenvalue weighted by atomic mass is 10.0. The number of aromatic nitrogens is 1. The SMILES string of the molecule is O=C(O)CNC(=O)c1c(O)c2cc(Cl)cc3c2n(c1=O)CC(c1ccc(C(F)(F)F)cc1)O3. The molecular weight excluding hydrogens is 469 g/mol. The van der Waals surface area contributed by atoms with Gasteiger partial charge in [0.25, 0.3) is 11.5 Å². The Balaban J connectivity index is 1.83. The highest BCUT2D eigenvalue weighted by Gasteiger charge is 2.33. The number of carbonyl (C=O) groups is 2. The van der Waals surface area contributed by atoms with Crippen LogP contribution >= 0.6 is 11.6 Å². The number of rotatable bonds is 4. The van der Waals surface area contributed by atoms with Crippen LogP contribution in [0.1, 0.15) is 27.6 Å². The standard InChI is InChI=1S/C21H14ClF3N2O6/c22-11-5-12-17-13(6-11)33-14(9-1-3-10(4-2-9)21(23,24)25)8-27(17)20(32)16(18(12)30)19(31)26-7-15(28)29/h1-6,14,30H,7-8H2,(H,26,31)(H,28,29). The molecule has 1 atom stereocenters. The molecule has 2 heterocycles. The predicted octanol–water partition coefficient (Wildman–Crippen LogP) is 3.33. The summed E-state index contributed by atoms with van der Waals surface area (Å²) >= 11 is 6.11. The topological polar surface area (TPSA) is 118 Å². The number of carbonyl (C=O) groups excluding carboxylic acids is 1. The Hall–Kier alpha value is -3.73. The van der Waals surface area contributed by atoms with Gasteiger partial charge in [0, 0.05) is 16.5 Å². The molecule has 8 nitrogen and oxygen atoms in total. The largest absolute Gasteiger partial charge is 0.506 e. The fourth-order valence-corrected chi connectivity index (χ4v) is 3.84. The van der Waals surface area contributed by atoms with E-state index in [0.717, 1.165) is 16.7 Å². The maximum absolute atomic E-state index is 13.1. The van der Waals surface area contributed by atoms with E-state index in [2.05, 4.69) is 0 Å². The number of ether oxygens (including phenoxy) is 1. The number of nitrogens with zero attached hydrogens (tertiary/aromatic N) is 1. The average Bonchev–Trinajstić information content (AvgIpc) is 2.74. The second-order valence-electron chi connectivity index (χ2n) is 7.24. The summed E-state index contributed by atoms with van der Waals surface area (Å²) < 4.78 is 45.7. The van der Waals surface area contributed by atoms with Crippen LogP contribution in [0.25, 0.3) is 10.9 Å². The number of benzene rings is 2. The highest BCUT2D eigenvalue weighted by molar-refractivity contribution is 6.31. The summed E-state index contributed by atoms with van der Waals surface area (Å²) in [6.07, 6.45) is -5.43. The van der Waals surface area contributed by atoms with Gasteiger partial charge in [0.05, 0.1) is 17.6 Å². The van der Waals surface area contributed by atoms with E-state index in [4.69, 9.17) is 21.4 Å². The van der Waals surface area contributed by atoms with Gasteiger partial charge in [-0.25, -0.2) is 0 Å². The third-order valence-corrected chi connectivity index (χ3v) is 5.33. The van der Waals surface area contributed by atoms with Crippen LogP contribution in [0.4, 0.5) is 13.2 Å². The van der Waals surface area contributed by atoms with Crippen LogP contribution in [0.3, 0.4) is 0 Å². The summed E-state index contributed by atoms with van der Waals surface area (Å²) in [5, 5.41) is 21.5. The number of carboxylic acids is 1. The lowest BCUT2D eigenvalue weighted by Gasteiger charge is -2.29. The third kappa shape index (κ3) is 4.07. The van der Waals surface area contributed by atoms with Gasteiger partial charge >= 0.3 is 12.1 Å². The lowest BCUT2D eigenvalue weighted by Crippen LogP contribution is -2.38. The van der Waals surface area contributed by atoms with E-state index >= 15 is 0 Å². The molecule has 0 bridgehead atoms. The second kappa shape index (κ2) is 8.00. The van der Waals surface area contributed by atoms with E-state index in [-0.39, 0.29) is 28.2 Å². The van der Waals surface area contributed by atoms with Crippen molar-refractivity contribution in [3.05, 3.63) is 68.5 Å². The van der Waals surface area contributed by atoms with Crippen molar-refractivity contribution in [1.29, 1.82) is 0 Å². The monoisotopic (exact) mass is 482 g/mol. The molecule has 1 aromatic heterocycles. The van der Waals surface area contributed by atoms with Crippen LogP contribution in [0.2, 0.25) is 5.02 Å². The average molecular weight is 483 g/mol. The van der Waals surface area contributed by atoms with Crippen LogP contribution in [-0.2, 0) is 17.5 Å². The molecule has 1 unspecified atom stereocenters. The molecule has 0 saturated carbocycles. The minimum atomic E-state index is -4.52. The number of halogens is 4. The molecule has 1 aliphatic rings. The molecule has 2 aromatic carbocycles. The van der Waals surface area contributed by atoms with Gasteiger partial charge in [0.1, 0.15) is 29.7 Å². The highest BCUT2D eigenvalue weighted by atomic mass is 35.5. The Bertz CT molecular complexity index is 1350. The summed E-state index contributed by atoms with van der Waals surface area (Å²) in [5.41, 5.74) is -2.00. The van der Waals surface area contributed by atoms with Crippen molar-refractivity contribution < 1.29 is 37.7 Å². The summed E-state index contributed by atoms with van der Waals surface area (Å²) in [7, 11) is 0. The number of aromatic hydroxyl groups is 1. The van der Waals surface area contributed by atoms with Crippen LogP contribution in [0, 0.1) is 0 Å². The number of amides is 1. The zero-order valence-corrected chi connectivity index (χ0v) is 17.2. The molecule has 0 fully saturated rings. The van der Waals surface area contributed by atoms with Crippen LogP contribution in [0.5, 0.6) is 11.5 Å². The maximum Gasteiger partial charge on any atom is 0.416 e. The summed E-state index contributed by atoms with van der Waals surface area (Å²) in [6.45, 7) is -0.970. The number of carboxylic acid groups (broad SMARTS) is 1. The zero-order chi connectivity index (χ0) is 24.1. The zero-order valence-electron chi connectivity index (χ0n) is 16.4. The van der Waals surface area contributed by atoms with E-state index in [9.17, 15) is 32.7 Å². The first-order valence-corrected chi connectivity index (χ1v) is 9.78. The van der Waals surface area contributed by atoms with Crippen molar-refractivity contribution in [2.45, 2.75) is 18.8 Å². The predicted molar refractivity (Wildman–Crippen MR) is 110 cm³/mol. The molecule has 172 valence electrons. The van der Waals surface area contributed by atoms with Crippen molar-refractivity contribution in [3.8, 4) is 11.5 Å². The van der Waals surface area contributed by atoms with E-state index in [1.54, 1.807) is 0 Å². The lowest BCUT2D eigenvalue weighted by molar-refractivity contribution is -0.138. The number of pyridine rings is 1. The molecule has 0 saturated heterocycles. The Morgan fingerprint density at radius 2 is 1.88 bits per heavy atom. The minimum absolute atomic E-state index is 0.0171. The first-order valence-electron chi connectivity index (χ1n) is 9.40. The third-order valence-electron chi connectivity index (χ3n) is 5.12. The van der Waals surface area contributed by atoms with Crippen LogP contribution in [-0.4, -0.2) is 33.2 Å². The Kier molecular flexibility index (Phi) is 5.44. The molecule has 0 aliphatic carbocycles. The van der Waals surface area contributed by atoms with E-state index < -0.39 is 53.1 Å². The van der Waals surface area contributed by atoms with Crippen molar-refractivity contribution in [2.75, 3.05) is 6.54 Å². The van der Waals surface area contributed by atoms with Crippen molar-refractivity contribution >= 4 is 34.4 Å². The van der Waals surface area contributed by atoms with Gasteiger partial charge in [0.15, 0.2) is 0 Å². The first kappa shape index (κ1) is 22.5. The van der Waals surface area contributed by atoms with E-state index in [1.165, 1.54) is 24.3 Å². The van der Waals surface area contributed by atoms with Gasteiger partial charge in [0.2, 0.25) is 0 Å². The quantitative estimate of drug-likeness (QED) is 0.525. The smallest absolute Gasteiger partial charge is 0.416 e. The fraction of sp³-hybridized carbons (Fsp3) is 0.190. The van der Waals surface area contributed by atoms with Gasteiger partial charge in [-0.2, -0.15) is 13.2 Å². The van der Waals surface area contributed by atoms with Crippen molar-refractivity contribution in [1.82, 2.24) is 9.88 Å². The number of hydrogen-bond acceptors (Lipinski definition) is 5. The molecule has 12 heteroatoms. The molecule has 3 N–H and O–H groups in total. The molecule has 0 spiro atoms. The number of nitrogens with one attached hydrogen (secondary N) is 1. The number of alkyl halides is 3. The van der Waals surface area contributed by atoms with Crippen LogP contribution < -0.4 is 15.6 Å². The summed E-state index contributed by atoms with van der Waals surface area (Å²) in [6, 6.07) is 6.87. The Morgan fingerprint density at radius 3 is 2.48 bits per heavy atom. The second-order valence-corrected chi connectivity index (χ2v) is 7.68. The van der Waals surface area contributed by atoms with Gasteiger partial charge in [-0.3, -0.25) is 19.0 Å². The minimum Gasteiger partial charge on any atom is -0.506 e.